The van der Waals surface area contributed by atoms with E-state index in [1.54, 1.807) is 0 Å². The van der Waals surface area contributed by atoms with Gasteiger partial charge in [0.25, 0.3) is 0 Å². The van der Waals surface area contributed by atoms with Crippen LogP contribution in [0.1, 0.15) is 72.6 Å². The van der Waals surface area contributed by atoms with Crippen molar-refractivity contribution in [1.82, 2.24) is 0 Å². The topological polar surface area (TPSA) is 40.5 Å². The van der Waals surface area contributed by atoms with Gasteiger partial charge in [-0.2, -0.15) is 23.5 Å². The Labute approximate surface area is 153 Å². The van der Waals surface area contributed by atoms with Crippen molar-refractivity contribution in [2.45, 2.75) is 72.6 Å². The van der Waals surface area contributed by atoms with Gasteiger partial charge in [-0.3, -0.25) is 0 Å². The Hall–Kier alpha value is 0.620. The molecule has 0 bridgehead atoms. The standard InChI is InChI=1S/C19H40O2S2/c1-18(2,10-12-20)8-5-14-22-16-7-17-23-15-6-9-19(3,4)11-13-21/h20-21H,5-17H2,1-4H3. The van der Waals surface area contributed by atoms with Crippen LogP contribution in [-0.2, 0) is 0 Å². The maximum Gasteiger partial charge on any atom is 0.0436 e. The SMILES string of the molecule is CC(C)(CCO)CCCSCCCSCCCC(C)(C)CCO. The Morgan fingerprint density at radius 1 is 0.565 bits per heavy atom. The van der Waals surface area contributed by atoms with Gasteiger partial charge in [-0.15, -0.1) is 0 Å². The number of aliphatic hydroxyl groups excluding tert-OH is 2. The summed E-state index contributed by atoms with van der Waals surface area (Å²) in [6.07, 6.45) is 8.13. The van der Waals surface area contributed by atoms with Crippen molar-refractivity contribution in [3.8, 4) is 0 Å². The minimum atomic E-state index is 0.301. The van der Waals surface area contributed by atoms with Gasteiger partial charge in [0.15, 0.2) is 0 Å². The van der Waals surface area contributed by atoms with E-state index in [0.717, 1.165) is 12.8 Å². The number of hydrogen-bond acceptors (Lipinski definition) is 4. The molecule has 0 aromatic rings. The summed E-state index contributed by atoms with van der Waals surface area (Å²) < 4.78 is 0. The van der Waals surface area contributed by atoms with Crippen LogP contribution in [0, 0.1) is 10.8 Å². The Morgan fingerprint density at radius 2 is 0.913 bits per heavy atom. The Morgan fingerprint density at radius 3 is 1.26 bits per heavy atom. The van der Waals surface area contributed by atoms with Gasteiger partial charge in [-0.05, 0) is 78.8 Å². The van der Waals surface area contributed by atoms with Gasteiger partial charge in [-0.25, -0.2) is 0 Å². The number of aliphatic hydroxyl groups is 2. The minimum absolute atomic E-state index is 0.301. The molecule has 2 N–H and O–H groups in total. The Balaban J connectivity index is 3.31. The van der Waals surface area contributed by atoms with Gasteiger partial charge in [0, 0.05) is 13.2 Å². The zero-order valence-electron chi connectivity index (χ0n) is 15.9. The second-order valence-electron chi connectivity index (χ2n) is 8.06. The summed E-state index contributed by atoms with van der Waals surface area (Å²) in [7, 11) is 0. The van der Waals surface area contributed by atoms with Gasteiger partial charge in [-0.1, -0.05) is 27.7 Å². The van der Waals surface area contributed by atoms with Crippen LogP contribution >= 0.6 is 23.5 Å². The van der Waals surface area contributed by atoms with Gasteiger partial charge in [0.1, 0.15) is 0 Å². The molecule has 0 heterocycles. The molecule has 0 atom stereocenters. The molecular weight excluding hydrogens is 324 g/mol. The van der Waals surface area contributed by atoms with E-state index in [4.69, 9.17) is 10.2 Å². The lowest BCUT2D eigenvalue weighted by Gasteiger charge is -2.23. The van der Waals surface area contributed by atoms with Crippen molar-refractivity contribution in [2.24, 2.45) is 10.8 Å². The van der Waals surface area contributed by atoms with Crippen LogP contribution in [0.2, 0.25) is 0 Å². The van der Waals surface area contributed by atoms with E-state index < -0.39 is 0 Å². The number of thioether (sulfide) groups is 2. The van der Waals surface area contributed by atoms with Crippen molar-refractivity contribution >= 4 is 23.5 Å². The summed E-state index contributed by atoms with van der Waals surface area (Å²) in [5, 5.41) is 18.0. The largest absolute Gasteiger partial charge is 0.396 e. The lowest BCUT2D eigenvalue weighted by molar-refractivity contribution is 0.201. The lowest BCUT2D eigenvalue weighted by Crippen LogP contribution is -2.13. The van der Waals surface area contributed by atoms with Crippen LogP contribution in [-0.4, -0.2) is 46.4 Å². The lowest BCUT2D eigenvalue weighted by atomic mass is 9.85. The summed E-state index contributed by atoms with van der Waals surface area (Å²) >= 11 is 4.17. The van der Waals surface area contributed by atoms with E-state index in [9.17, 15) is 0 Å². The summed E-state index contributed by atoms with van der Waals surface area (Å²) in [6.45, 7) is 9.65. The third-order valence-electron chi connectivity index (χ3n) is 4.44. The average Bonchev–Trinajstić information content (AvgIpc) is 2.44. The van der Waals surface area contributed by atoms with Crippen LogP contribution in [0.15, 0.2) is 0 Å². The molecule has 0 amide bonds. The molecule has 0 aliphatic heterocycles. The predicted molar refractivity (Wildman–Crippen MR) is 109 cm³/mol. The first kappa shape index (κ1) is 23.6. The summed E-state index contributed by atoms with van der Waals surface area (Å²) in [5.74, 6) is 5.08. The fourth-order valence-corrected chi connectivity index (χ4v) is 4.61. The van der Waals surface area contributed by atoms with Crippen LogP contribution in [0.3, 0.4) is 0 Å². The highest BCUT2D eigenvalue weighted by Gasteiger charge is 2.16. The fourth-order valence-electron chi connectivity index (χ4n) is 2.63. The van der Waals surface area contributed by atoms with E-state index in [1.165, 1.54) is 55.1 Å². The minimum Gasteiger partial charge on any atom is -0.396 e. The van der Waals surface area contributed by atoms with Crippen molar-refractivity contribution in [3.05, 3.63) is 0 Å². The maximum absolute atomic E-state index is 9.02. The zero-order valence-corrected chi connectivity index (χ0v) is 17.5. The summed E-state index contributed by atoms with van der Waals surface area (Å²) in [6, 6.07) is 0. The van der Waals surface area contributed by atoms with Crippen LogP contribution in [0.4, 0.5) is 0 Å². The second-order valence-corrected chi connectivity index (χ2v) is 10.5. The van der Waals surface area contributed by atoms with E-state index in [1.807, 2.05) is 0 Å². The van der Waals surface area contributed by atoms with Crippen LogP contribution in [0.5, 0.6) is 0 Å². The molecule has 0 aromatic carbocycles. The molecular formula is C19H40O2S2. The van der Waals surface area contributed by atoms with Crippen molar-refractivity contribution in [2.75, 3.05) is 36.2 Å². The third kappa shape index (κ3) is 15.9. The molecule has 0 spiro atoms. The van der Waals surface area contributed by atoms with E-state index in [-0.39, 0.29) is 0 Å². The molecule has 0 aliphatic carbocycles. The molecule has 0 saturated heterocycles. The molecule has 0 aliphatic rings. The van der Waals surface area contributed by atoms with E-state index >= 15 is 0 Å². The van der Waals surface area contributed by atoms with Crippen molar-refractivity contribution in [3.63, 3.8) is 0 Å². The van der Waals surface area contributed by atoms with Crippen LogP contribution < -0.4 is 0 Å². The molecule has 0 aromatic heterocycles. The third-order valence-corrected chi connectivity index (χ3v) is 6.75. The molecule has 0 saturated carbocycles. The Kier molecular flexibility index (Phi) is 14.2. The van der Waals surface area contributed by atoms with Gasteiger partial charge in [0.05, 0.1) is 0 Å². The summed E-state index contributed by atoms with van der Waals surface area (Å²) in [4.78, 5) is 0. The molecule has 2 nitrogen and oxygen atoms in total. The monoisotopic (exact) mass is 364 g/mol. The van der Waals surface area contributed by atoms with Crippen LogP contribution in [0.25, 0.3) is 0 Å². The maximum atomic E-state index is 9.02. The first-order chi connectivity index (χ1) is 10.8. The second kappa shape index (κ2) is 13.9. The van der Waals surface area contributed by atoms with Crippen molar-refractivity contribution in [1.29, 1.82) is 0 Å². The molecule has 140 valence electrons. The molecule has 0 radical (unpaired) electrons. The molecule has 0 fully saturated rings. The van der Waals surface area contributed by atoms with E-state index in [0.29, 0.717) is 24.0 Å². The number of hydrogen-bond donors (Lipinski definition) is 2. The smallest absolute Gasteiger partial charge is 0.0436 e. The Bertz CT molecular complexity index is 242. The van der Waals surface area contributed by atoms with Gasteiger partial charge in [0.2, 0.25) is 0 Å². The molecule has 23 heavy (non-hydrogen) atoms. The van der Waals surface area contributed by atoms with Crippen molar-refractivity contribution < 1.29 is 10.2 Å². The average molecular weight is 365 g/mol. The molecule has 4 heteroatoms. The first-order valence-corrected chi connectivity index (χ1v) is 11.5. The summed E-state index contributed by atoms with van der Waals surface area (Å²) in [5.41, 5.74) is 0.601. The molecule has 0 rings (SSSR count). The normalized spacial score (nSPS) is 12.8. The zero-order chi connectivity index (χ0) is 17.6. The first-order valence-electron chi connectivity index (χ1n) is 9.20. The van der Waals surface area contributed by atoms with Gasteiger partial charge < -0.3 is 10.2 Å². The fraction of sp³-hybridized carbons (Fsp3) is 1.00. The quantitative estimate of drug-likeness (QED) is 0.368. The van der Waals surface area contributed by atoms with E-state index in [2.05, 4.69) is 51.2 Å². The highest BCUT2D eigenvalue weighted by atomic mass is 32.2. The highest BCUT2D eigenvalue weighted by Crippen LogP contribution is 2.28. The van der Waals surface area contributed by atoms with Gasteiger partial charge >= 0.3 is 0 Å². The molecule has 0 unspecified atom stereocenters. The predicted octanol–water partition coefficient (Wildman–Crippen LogP) is 5.22. The highest BCUT2D eigenvalue weighted by molar-refractivity contribution is 8.00. The number of rotatable bonds is 16.